The molecule has 1 fully saturated rings. The third kappa shape index (κ3) is 6.13. The van der Waals surface area contributed by atoms with Crippen LogP contribution >= 0.6 is 12.4 Å². The van der Waals surface area contributed by atoms with Crippen LogP contribution in [-0.4, -0.2) is 44.9 Å². The monoisotopic (exact) mass is 336 g/mol. The maximum Gasteiger partial charge on any atom is 0.221 e. The molecule has 0 aliphatic carbocycles. The maximum absolute atomic E-state index is 13.3. The second-order valence-corrected chi connectivity index (χ2v) is 4.70. The molecule has 2 rings (SSSR count). The number of carbonyl (C=O) groups excluding carboxylic acids is 1. The lowest BCUT2D eigenvalue weighted by Gasteiger charge is -2.23. The molecule has 2 N–H and O–H groups in total. The molecule has 0 spiro atoms. The lowest BCUT2D eigenvalue weighted by atomic mass is 10.2. The summed E-state index contributed by atoms with van der Waals surface area (Å²) in [4.78, 5) is 11.6. The second-order valence-electron chi connectivity index (χ2n) is 4.70. The SMILES string of the molecule is Cl.O=C(CC1COCCN1)NCCOc1ccc(F)cc1F. The molecule has 1 unspecified atom stereocenters. The van der Waals surface area contributed by atoms with Crippen LogP contribution in [0.1, 0.15) is 6.42 Å². The lowest BCUT2D eigenvalue weighted by Crippen LogP contribution is -2.44. The summed E-state index contributed by atoms with van der Waals surface area (Å²) in [5, 5.41) is 5.85. The first-order chi connectivity index (χ1) is 10.1. The third-order valence-electron chi connectivity index (χ3n) is 3.01. The van der Waals surface area contributed by atoms with Crippen molar-refractivity contribution >= 4 is 18.3 Å². The number of hydrogen-bond acceptors (Lipinski definition) is 4. The zero-order valence-corrected chi connectivity index (χ0v) is 12.8. The topological polar surface area (TPSA) is 59.6 Å². The number of halogens is 3. The summed E-state index contributed by atoms with van der Waals surface area (Å²) in [7, 11) is 0. The zero-order chi connectivity index (χ0) is 15.1. The highest BCUT2D eigenvalue weighted by atomic mass is 35.5. The number of ether oxygens (including phenoxy) is 2. The highest BCUT2D eigenvalue weighted by molar-refractivity contribution is 5.85. The molecule has 0 bridgehead atoms. The molecule has 8 heteroatoms. The Bertz CT molecular complexity index is 485. The summed E-state index contributed by atoms with van der Waals surface area (Å²) in [6.07, 6.45) is 0.324. The first-order valence-electron chi connectivity index (χ1n) is 6.81. The molecule has 1 atom stereocenters. The standard InChI is InChI=1S/C14H18F2N2O3.ClH/c15-10-1-2-13(12(16)7-10)21-6-4-18-14(19)8-11-9-20-5-3-17-11;/h1-2,7,11,17H,3-6,8-9H2,(H,18,19);1H. The number of morpholine rings is 1. The Balaban J connectivity index is 0.00000242. The number of hydrogen-bond donors (Lipinski definition) is 2. The van der Waals surface area contributed by atoms with Gasteiger partial charge in [-0.3, -0.25) is 4.79 Å². The number of nitrogens with one attached hydrogen (secondary N) is 2. The molecule has 1 aliphatic heterocycles. The van der Waals surface area contributed by atoms with Gasteiger partial charge < -0.3 is 20.1 Å². The van der Waals surface area contributed by atoms with Gasteiger partial charge >= 0.3 is 0 Å². The van der Waals surface area contributed by atoms with Crippen molar-refractivity contribution < 1.29 is 23.0 Å². The van der Waals surface area contributed by atoms with Crippen molar-refractivity contribution in [3.05, 3.63) is 29.8 Å². The van der Waals surface area contributed by atoms with Gasteiger partial charge in [-0.25, -0.2) is 8.78 Å². The molecular weight excluding hydrogens is 318 g/mol. The van der Waals surface area contributed by atoms with Gasteiger partial charge in [-0.1, -0.05) is 0 Å². The Morgan fingerprint density at radius 2 is 2.27 bits per heavy atom. The molecule has 5 nitrogen and oxygen atoms in total. The molecule has 0 radical (unpaired) electrons. The van der Waals surface area contributed by atoms with Crippen LogP contribution in [-0.2, 0) is 9.53 Å². The van der Waals surface area contributed by atoms with Crippen LogP contribution in [0.2, 0.25) is 0 Å². The van der Waals surface area contributed by atoms with E-state index in [0.29, 0.717) is 19.6 Å². The van der Waals surface area contributed by atoms with Crippen molar-refractivity contribution in [3.63, 3.8) is 0 Å². The van der Waals surface area contributed by atoms with E-state index in [0.717, 1.165) is 18.7 Å². The quantitative estimate of drug-likeness (QED) is 0.768. The molecule has 1 aromatic rings. The molecule has 1 saturated heterocycles. The Morgan fingerprint density at radius 1 is 1.45 bits per heavy atom. The average molecular weight is 337 g/mol. The van der Waals surface area contributed by atoms with Crippen LogP contribution in [0.25, 0.3) is 0 Å². The summed E-state index contributed by atoms with van der Waals surface area (Å²) in [6, 6.07) is 3.11. The van der Waals surface area contributed by atoms with Gasteiger partial charge in [-0.2, -0.15) is 0 Å². The summed E-state index contributed by atoms with van der Waals surface area (Å²) in [5.41, 5.74) is 0. The fraction of sp³-hybridized carbons (Fsp3) is 0.500. The van der Waals surface area contributed by atoms with E-state index in [-0.39, 0.29) is 43.3 Å². The van der Waals surface area contributed by atoms with E-state index in [1.807, 2.05) is 0 Å². The van der Waals surface area contributed by atoms with Gasteiger partial charge in [-0.05, 0) is 12.1 Å². The molecule has 1 aromatic carbocycles. The van der Waals surface area contributed by atoms with Crippen molar-refractivity contribution in [2.24, 2.45) is 0 Å². The van der Waals surface area contributed by atoms with Crippen LogP contribution < -0.4 is 15.4 Å². The lowest BCUT2D eigenvalue weighted by molar-refractivity contribution is -0.122. The molecule has 1 heterocycles. The third-order valence-corrected chi connectivity index (χ3v) is 3.01. The van der Waals surface area contributed by atoms with Gasteiger partial charge in [0.25, 0.3) is 0 Å². The molecule has 1 amide bonds. The van der Waals surface area contributed by atoms with Crippen molar-refractivity contribution in [3.8, 4) is 5.75 Å². The predicted molar refractivity (Wildman–Crippen MR) is 79.3 cm³/mol. The summed E-state index contributed by atoms with van der Waals surface area (Å²) in [6.45, 7) is 2.29. The number of carbonyl (C=O) groups is 1. The van der Waals surface area contributed by atoms with E-state index in [1.54, 1.807) is 0 Å². The minimum Gasteiger partial charge on any atom is -0.489 e. The molecular formula is C14H19ClF2N2O3. The van der Waals surface area contributed by atoms with Gasteiger partial charge in [0, 0.05) is 25.1 Å². The van der Waals surface area contributed by atoms with Crippen molar-refractivity contribution in [1.29, 1.82) is 0 Å². The normalized spacial score (nSPS) is 17.5. The van der Waals surface area contributed by atoms with E-state index >= 15 is 0 Å². The van der Waals surface area contributed by atoms with Crippen LogP contribution in [0.15, 0.2) is 18.2 Å². The van der Waals surface area contributed by atoms with Gasteiger partial charge in [0.05, 0.1) is 19.8 Å². The van der Waals surface area contributed by atoms with Crippen LogP contribution in [0.5, 0.6) is 5.75 Å². The fourth-order valence-corrected chi connectivity index (χ4v) is 1.99. The van der Waals surface area contributed by atoms with E-state index in [1.165, 1.54) is 6.07 Å². The Hall–Kier alpha value is -1.44. The van der Waals surface area contributed by atoms with E-state index in [4.69, 9.17) is 9.47 Å². The number of amides is 1. The largest absolute Gasteiger partial charge is 0.489 e. The van der Waals surface area contributed by atoms with E-state index in [2.05, 4.69) is 10.6 Å². The molecule has 22 heavy (non-hydrogen) atoms. The van der Waals surface area contributed by atoms with Crippen LogP contribution in [0.3, 0.4) is 0 Å². The first kappa shape index (κ1) is 18.6. The van der Waals surface area contributed by atoms with Crippen molar-refractivity contribution in [2.75, 3.05) is 32.9 Å². The Kier molecular flexibility index (Phi) is 8.08. The highest BCUT2D eigenvalue weighted by Gasteiger charge is 2.16. The highest BCUT2D eigenvalue weighted by Crippen LogP contribution is 2.17. The van der Waals surface area contributed by atoms with E-state index < -0.39 is 11.6 Å². The molecule has 1 aliphatic rings. The van der Waals surface area contributed by atoms with Crippen molar-refractivity contribution in [2.45, 2.75) is 12.5 Å². The number of benzene rings is 1. The van der Waals surface area contributed by atoms with Gasteiger partial charge in [-0.15, -0.1) is 12.4 Å². The second kappa shape index (κ2) is 9.55. The van der Waals surface area contributed by atoms with Gasteiger partial charge in [0.15, 0.2) is 11.6 Å². The molecule has 124 valence electrons. The smallest absolute Gasteiger partial charge is 0.221 e. The fourth-order valence-electron chi connectivity index (χ4n) is 1.99. The molecule has 0 saturated carbocycles. The van der Waals surface area contributed by atoms with E-state index in [9.17, 15) is 13.6 Å². The summed E-state index contributed by atoms with van der Waals surface area (Å²) >= 11 is 0. The maximum atomic E-state index is 13.3. The van der Waals surface area contributed by atoms with Gasteiger partial charge in [0.2, 0.25) is 5.91 Å². The Morgan fingerprint density at radius 3 is 2.95 bits per heavy atom. The first-order valence-corrected chi connectivity index (χ1v) is 6.81. The predicted octanol–water partition coefficient (Wildman–Crippen LogP) is 1.26. The zero-order valence-electron chi connectivity index (χ0n) is 11.9. The minimum absolute atomic E-state index is 0. The number of rotatable bonds is 6. The molecule has 0 aromatic heterocycles. The average Bonchev–Trinajstić information content (AvgIpc) is 2.46. The minimum atomic E-state index is -0.759. The summed E-state index contributed by atoms with van der Waals surface area (Å²) < 4.78 is 36.4. The Labute approximate surface area is 133 Å². The summed E-state index contributed by atoms with van der Waals surface area (Å²) in [5.74, 6) is -1.57. The van der Waals surface area contributed by atoms with Gasteiger partial charge in [0.1, 0.15) is 12.4 Å². The van der Waals surface area contributed by atoms with Crippen LogP contribution in [0, 0.1) is 11.6 Å². The van der Waals surface area contributed by atoms with Crippen molar-refractivity contribution in [1.82, 2.24) is 10.6 Å². The van der Waals surface area contributed by atoms with Crippen LogP contribution in [0.4, 0.5) is 8.78 Å².